The van der Waals surface area contributed by atoms with Crippen molar-refractivity contribution in [1.29, 1.82) is 0 Å². The molecule has 0 saturated heterocycles. The lowest BCUT2D eigenvalue weighted by Gasteiger charge is -2.13. The molecule has 3 aromatic rings. The highest BCUT2D eigenvalue weighted by Crippen LogP contribution is 2.31. The molecular formula is C21H15FO. The van der Waals surface area contributed by atoms with Crippen molar-refractivity contribution in [3.05, 3.63) is 89.7 Å². The molecule has 0 bridgehead atoms. The summed E-state index contributed by atoms with van der Waals surface area (Å²) < 4.78 is 19.1. The second-order valence-corrected chi connectivity index (χ2v) is 5.14. The molecule has 3 aromatic carbocycles. The van der Waals surface area contributed by atoms with E-state index in [1.54, 1.807) is 12.1 Å². The predicted octanol–water partition coefficient (Wildman–Crippen LogP) is 5.05. The van der Waals surface area contributed by atoms with Crippen molar-refractivity contribution in [3.8, 4) is 29.2 Å². The van der Waals surface area contributed by atoms with Crippen molar-refractivity contribution >= 4 is 0 Å². The van der Waals surface area contributed by atoms with E-state index in [9.17, 15) is 4.39 Å². The number of hydrogen-bond donors (Lipinski definition) is 0. The molecule has 3 rings (SSSR count). The van der Waals surface area contributed by atoms with E-state index >= 15 is 0 Å². The first-order valence-corrected chi connectivity index (χ1v) is 7.29. The number of benzene rings is 3. The zero-order valence-electron chi connectivity index (χ0n) is 12.5. The molecule has 0 atom stereocenters. The van der Waals surface area contributed by atoms with E-state index in [4.69, 9.17) is 11.2 Å². The maximum Gasteiger partial charge on any atom is 0.128 e. The van der Waals surface area contributed by atoms with E-state index in [1.165, 1.54) is 12.1 Å². The highest BCUT2D eigenvalue weighted by Gasteiger charge is 2.08. The Labute approximate surface area is 135 Å². The van der Waals surface area contributed by atoms with Crippen LogP contribution < -0.4 is 4.74 Å². The monoisotopic (exact) mass is 302 g/mol. The number of hydrogen-bond acceptors (Lipinski definition) is 1. The van der Waals surface area contributed by atoms with Gasteiger partial charge in [0.15, 0.2) is 0 Å². The Kier molecular flexibility index (Phi) is 4.40. The van der Waals surface area contributed by atoms with Gasteiger partial charge in [-0.25, -0.2) is 4.39 Å². The van der Waals surface area contributed by atoms with Gasteiger partial charge < -0.3 is 4.74 Å². The van der Waals surface area contributed by atoms with Crippen molar-refractivity contribution in [1.82, 2.24) is 0 Å². The Hall–Kier alpha value is -3.05. The summed E-state index contributed by atoms with van der Waals surface area (Å²) in [6.07, 6.45) is 5.48. The average molecular weight is 302 g/mol. The molecular weight excluding hydrogens is 287 g/mol. The minimum absolute atomic E-state index is 0.263. The smallest absolute Gasteiger partial charge is 0.128 e. The van der Waals surface area contributed by atoms with Crippen molar-refractivity contribution in [2.45, 2.75) is 6.61 Å². The van der Waals surface area contributed by atoms with Gasteiger partial charge in [0.2, 0.25) is 0 Å². The standard InChI is InChI=1S/C21H15FO/c1-2-16-8-13-20(18-9-11-19(22)12-10-18)21(14-16)23-15-17-6-4-3-5-7-17/h1,3-14H,15H2. The summed E-state index contributed by atoms with van der Waals surface area (Å²) in [7, 11) is 0. The van der Waals surface area contributed by atoms with Crippen LogP contribution in [0, 0.1) is 18.2 Å². The summed E-state index contributed by atoms with van der Waals surface area (Å²) in [5.74, 6) is 3.04. The molecule has 0 heterocycles. The van der Waals surface area contributed by atoms with Gasteiger partial charge in [-0.1, -0.05) is 48.4 Å². The lowest BCUT2D eigenvalue weighted by molar-refractivity contribution is 0.307. The molecule has 0 aliphatic heterocycles. The van der Waals surface area contributed by atoms with Gasteiger partial charge in [0.1, 0.15) is 18.2 Å². The summed E-state index contributed by atoms with van der Waals surface area (Å²) in [6, 6.07) is 21.8. The molecule has 112 valence electrons. The maximum absolute atomic E-state index is 13.1. The fourth-order valence-corrected chi connectivity index (χ4v) is 2.33. The van der Waals surface area contributed by atoms with Crippen LogP contribution in [-0.4, -0.2) is 0 Å². The number of halogens is 1. The van der Waals surface area contributed by atoms with Crippen molar-refractivity contribution < 1.29 is 9.13 Å². The van der Waals surface area contributed by atoms with E-state index in [2.05, 4.69) is 5.92 Å². The summed E-state index contributed by atoms with van der Waals surface area (Å²) in [6.45, 7) is 0.447. The summed E-state index contributed by atoms with van der Waals surface area (Å²) in [5.41, 5.74) is 3.60. The summed E-state index contributed by atoms with van der Waals surface area (Å²) in [5, 5.41) is 0. The molecule has 23 heavy (non-hydrogen) atoms. The van der Waals surface area contributed by atoms with Crippen LogP contribution in [0.2, 0.25) is 0 Å². The van der Waals surface area contributed by atoms with Gasteiger partial charge in [-0.2, -0.15) is 0 Å². The number of rotatable bonds is 4. The number of ether oxygens (including phenoxy) is 1. The Morgan fingerprint density at radius 3 is 2.35 bits per heavy atom. The first-order chi connectivity index (χ1) is 11.3. The minimum Gasteiger partial charge on any atom is -0.488 e. The molecule has 0 aliphatic rings. The Morgan fingerprint density at radius 2 is 1.65 bits per heavy atom. The van der Waals surface area contributed by atoms with Crippen molar-refractivity contribution in [3.63, 3.8) is 0 Å². The molecule has 0 aromatic heterocycles. The van der Waals surface area contributed by atoms with Crippen LogP contribution in [0.4, 0.5) is 4.39 Å². The molecule has 0 spiro atoms. The normalized spacial score (nSPS) is 10.1. The van der Waals surface area contributed by atoms with E-state index in [0.717, 1.165) is 22.3 Å². The molecule has 0 unspecified atom stereocenters. The largest absolute Gasteiger partial charge is 0.488 e. The van der Waals surface area contributed by atoms with Crippen LogP contribution >= 0.6 is 0 Å². The van der Waals surface area contributed by atoms with Gasteiger partial charge in [-0.15, -0.1) is 6.42 Å². The first kappa shape index (κ1) is 14.9. The van der Waals surface area contributed by atoms with Crippen LogP contribution in [0.1, 0.15) is 11.1 Å². The second-order valence-electron chi connectivity index (χ2n) is 5.14. The zero-order valence-corrected chi connectivity index (χ0v) is 12.5. The molecule has 2 heteroatoms. The summed E-state index contributed by atoms with van der Waals surface area (Å²) in [4.78, 5) is 0. The highest BCUT2D eigenvalue weighted by molar-refractivity contribution is 5.71. The lowest BCUT2D eigenvalue weighted by atomic mass is 10.0. The Bertz CT molecular complexity index is 830. The van der Waals surface area contributed by atoms with E-state index < -0.39 is 0 Å². The predicted molar refractivity (Wildman–Crippen MR) is 90.5 cm³/mol. The zero-order chi connectivity index (χ0) is 16.1. The molecule has 0 radical (unpaired) electrons. The van der Waals surface area contributed by atoms with Gasteiger partial charge in [0.05, 0.1) is 0 Å². The van der Waals surface area contributed by atoms with Crippen molar-refractivity contribution in [2.75, 3.05) is 0 Å². The Morgan fingerprint density at radius 1 is 0.913 bits per heavy atom. The fourth-order valence-electron chi connectivity index (χ4n) is 2.33. The molecule has 0 N–H and O–H groups in total. The molecule has 1 nitrogen and oxygen atoms in total. The maximum atomic E-state index is 13.1. The van der Waals surface area contributed by atoms with Crippen LogP contribution in [0.5, 0.6) is 5.75 Å². The molecule has 0 amide bonds. The van der Waals surface area contributed by atoms with Gasteiger partial charge in [0, 0.05) is 11.1 Å². The highest BCUT2D eigenvalue weighted by atomic mass is 19.1. The van der Waals surface area contributed by atoms with Gasteiger partial charge >= 0.3 is 0 Å². The van der Waals surface area contributed by atoms with E-state index in [0.29, 0.717) is 12.4 Å². The molecule has 0 aliphatic carbocycles. The third-order valence-electron chi connectivity index (χ3n) is 3.54. The van der Waals surface area contributed by atoms with E-state index in [-0.39, 0.29) is 5.82 Å². The third-order valence-corrected chi connectivity index (χ3v) is 3.54. The summed E-state index contributed by atoms with van der Waals surface area (Å²) >= 11 is 0. The molecule has 0 saturated carbocycles. The Balaban J connectivity index is 1.93. The van der Waals surface area contributed by atoms with Crippen LogP contribution in [0.15, 0.2) is 72.8 Å². The second kappa shape index (κ2) is 6.81. The SMILES string of the molecule is C#Cc1ccc(-c2ccc(F)cc2)c(OCc2ccccc2)c1. The topological polar surface area (TPSA) is 9.23 Å². The molecule has 0 fully saturated rings. The lowest BCUT2D eigenvalue weighted by Crippen LogP contribution is -1.97. The fraction of sp³-hybridized carbons (Fsp3) is 0.0476. The average Bonchev–Trinajstić information content (AvgIpc) is 2.61. The minimum atomic E-state index is -0.263. The van der Waals surface area contributed by atoms with E-state index in [1.807, 2.05) is 48.5 Å². The van der Waals surface area contributed by atoms with Crippen molar-refractivity contribution in [2.24, 2.45) is 0 Å². The van der Waals surface area contributed by atoms with Gasteiger partial charge in [-0.05, 0) is 41.5 Å². The third kappa shape index (κ3) is 3.59. The van der Waals surface area contributed by atoms with Crippen LogP contribution in [0.3, 0.4) is 0 Å². The van der Waals surface area contributed by atoms with Crippen LogP contribution in [0.25, 0.3) is 11.1 Å². The number of terminal acetylenes is 1. The van der Waals surface area contributed by atoms with Crippen LogP contribution in [-0.2, 0) is 6.61 Å². The van der Waals surface area contributed by atoms with Gasteiger partial charge in [-0.3, -0.25) is 0 Å². The van der Waals surface area contributed by atoms with Gasteiger partial charge in [0.25, 0.3) is 0 Å². The quantitative estimate of drug-likeness (QED) is 0.613. The first-order valence-electron chi connectivity index (χ1n) is 7.29.